The van der Waals surface area contributed by atoms with Crippen LogP contribution >= 0.6 is 0 Å². The van der Waals surface area contributed by atoms with Crippen molar-refractivity contribution in [2.75, 3.05) is 6.61 Å². The number of carbonyl (C=O) groups excluding carboxylic acids is 2. The molecule has 0 aliphatic carbocycles. The Morgan fingerprint density at radius 3 is 2.31 bits per heavy atom. The normalized spacial score (nSPS) is 11.1. The van der Waals surface area contributed by atoms with Crippen LogP contribution in [0.1, 0.15) is 33.6 Å². The van der Waals surface area contributed by atoms with Gasteiger partial charge in [-0.25, -0.2) is 4.39 Å². The minimum atomic E-state index is -1.55. The predicted molar refractivity (Wildman–Crippen MR) is 46.1 cm³/mol. The molecule has 0 saturated carbocycles. The van der Waals surface area contributed by atoms with Crippen molar-refractivity contribution in [1.29, 1.82) is 0 Å². The smallest absolute Gasteiger partial charge is 0.313 e. The van der Waals surface area contributed by atoms with E-state index in [1.165, 1.54) is 13.8 Å². The summed E-state index contributed by atoms with van der Waals surface area (Å²) in [5, 5.41) is 0. The first-order chi connectivity index (χ1) is 5.85. The van der Waals surface area contributed by atoms with E-state index in [0.29, 0.717) is 0 Å². The van der Waals surface area contributed by atoms with E-state index in [0.717, 1.165) is 0 Å². The molecule has 0 saturated heterocycles. The molecule has 0 bridgehead atoms. The van der Waals surface area contributed by atoms with Crippen molar-refractivity contribution >= 4 is 11.8 Å². The first-order valence-corrected chi connectivity index (χ1v) is 4.21. The van der Waals surface area contributed by atoms with Gasteiger partial charge in [-0.15, -0.1) is 0 Å². The molecule has 0 aliphatic heterocycles. The maximum absolute atomic E-state index is 12.9. The Morgan fingerprint density at radius 1 is 1.38 bits per heavy atom. The largest absolute Gasteiger partial charge is 0.466 e. The highest BCUT2D eigenvalue weighted by Crippen LogP contribution is 2.14. The molecule has 0 aliphatic rings. The Kier molecular flexibility index (Phi) is 4.59. The molecule has 4 heteroatoms. The van der Waals surface area contributed by atoms with Crippen LogP contribution in [0.15, 0.2) is 0 Å². The van der Waals surface area contributed by atoms with Gasteiger partial charge in [0.1, 0.15) is 17.9 Å². The molecule has 0 atom stereocenters. The van der Waals surface area contributed by atoms with Crippen LogP contribution in [0.25, 0.3) is 0 Å². The molecule has 13 heavy (non-hydrogen) atoms. The number of ether oxygens (including phenoxy) is 1. The molecule has 0 rings (SSSR count). The maximum Gasteiger partial charge on any atom is 0.313 e. The zero-order valence-electron chi connectivity index (χ0n) is 8.22. The van der Waals surface area contributed by atoms with Gasteiger partial charge in [-0.05, 0) is 20.8 Å². The minimum Gasteiger partial charge on any atom is -0.466 e. The molecule has 0 aromatic rings. The Morgan fingerprint density at radius 2 is 1.92 bits per heavy atom. The Bertz CT molecular complexity index is 194. The molecular weight excluding hydrogens is 175 g/mol. The summed E-state index contributed by atoms with van der Waals surface area (Å²) in [6.45, 7) is 4.50. The molecule has 0 unspecified atom stereocenters. The predicted octanol–water partition coefficient (Wildman–Crippen LogP) is 1.65. The van der Waals surface area contributed by atoms with Gasteiger partial charge < -0.3 is 4.74 Å². The monoisotopic (exact) mass is 190 g/mol. The number of alkyl halides is 1. The van der Waals surface area contributed by atoms with Gasteiger partial charge >= 0.3 is 5.97 Å². The molecule has 3 nitrogen and oxygen atoms in total. The van der Waals surface area contributed by atoms with Crippen molar-refractivity contribution in [1.82, 2.24) is 0 Å². The summed E-state index contributed by atoms with van der Waals surface area (Å²) in [6.07, 6.45) is -0.576. The summed E-state index contributed by atoms with van der Waals surface area (Å²) < 4.78 is 17.4. The van der Waals surface area contributed by atoms with Gasteiger partial charge in [-0.2, -0.15) is 0 Å². The van der Waals surface area contributed by atoms with Gasteiger partial charge in [0.05, 0.1) is 6.61 Å². The van der Waals surface area contributed by atoms with Crippen LogP contribution < -0.4 is 0 Å². The lowest BCUT2D eigenvalue weighted by molar-refractivity contribution is -0.145. The first kappa shape index (κ1) is 12.1. The molecular formula is C9H15FO3. The lowest BCUT2D eigenvalue weighted by Gasteiger charge is -2.11. The van der Waals surface area contributed by atoms with Crippen LogP contribution in [-0.2, 0) is 14.3 Å². The minimum absolute atomic E-state index is 0.241. The molecule has 0 aromatic carbocycles. The summed E-state index contributed by atoms with van der Waals surface area (Å²) in [5.74, 6) is -1.01. The summed E-state index contributed by atoms with van der Waals surface area (Å²) in [6, 6.07) is 0. The first-order valence-electron chi connectivity index (χ1n) is 4.21. The number of halogens is 1. The van der Waals surface area contributed by atoms with Crippen molar-refractivity contribution in [3.05, 3.63) is 0 Å². The molecule has 0 fully saturated rings. The SMILES string of the molecule is CCOC(=O)CC(=O)CC(C)(C)F. The van der Waals surface area contributed by atoms with E-state index >= 15 is 0 Å². The fraction of sp³-hybridized carbons (Fsp3) is 0.778. The fourth-order valence-corrected chi connectivity index (χ4v) is 0.904. The zero-order chi connectivity index (χ0) is 10.5. The van der Waals surface area contributed by atoms with Gasteiger partial charge in [-0.1, -0.05) is 0 Å². The topological polar surface area (TPSA) is 43.4 Å². The molecule has 0 heterocycles. The van der Waals surface area contributed by atoms with E-state index < -0.39 is 17.4 Å². The molecule has 76 valence electrons. The van der Waals surface area contributed by atoms with Gasteiger partial charge in [-0.3, -0.25) is 9.59 Å². The Hall–Kier alpha value is -0.930. The van der Waals surface area contributed by atoms with Crippen LogP contribution in [-0.4, -0.2) is 24.0 Å². The highest BCUT2D eigenvalue weighted by atomic mass is 19.1. The quantitative estimate of drug-likeness (QED) is 0.489. The van der Waals surface area contributed by atoms with Gasteiger partial charge in [0.2, 0.25) is 0 Å². The standard InChI is InChI=1S/C9H15FO3/c1-4-13-8(12)5-7(11)6-9(2,3)10/h4-6H2,1-3H3. The van der Waals surface area contributed by atoms with Crippen molar-refractivity contribution in [3.63, 3.8) is 0 Å². The third-order valence-electron chi connectivity index (χ3n) is 1.26. The third-order valence-corrected chi connectivity index (χ3v) is 1.26. The van der Waals surface area contributed by atoms with Crippen molar-refractivity contribution in [2.24, 2.45) is 0 Å². The second-order valence-corrected chi connectivity index (χ2v) is 3.42. The second kappa shape index (κ2) is 4.94. The zero-order valence-corrected chi connectivity index (χ0v) is 8.22. The molecule has 0 spiro atoms. The Labute approximate surface area is 77.3 Å². The average Bonchev–Trinajstić information content (AvgIpc) is 1.81. The summed E-state index contributed by atoms with van der Waals surface area (Å²) >= 11 is 0. The number of esters is 1. The van der Waals surface area contributed by atoms with Gasteiger partial charge in [0.25, 0.3) is 0 Å². The molecule has 0 radical (unpaired) electrons. The summed E-state index contributed by atoms with van der Waals surface area (Å²) in [4.78, 5) is 21.8. The lowest BCUT2D eigenvalue weighted by Crippen LogP contribution is -2.20. The molecule has 0 aromatic heterocycles. The van der Waals surface area contributed by atoms with Crippen LogP contribution in [0.3, 0.4) is 0 Å². The van der Waals surface area contributed by atoms with E-state index in [4.69, 9.17) is 0 Å². The van der Waals surface area contributed by atoms with Crippen LogP contribution in [0.5, 0.6) is 0 Å². The highest BCUT2D eigenvalue weighted by Gasteiger charge is 2.22. The van der Waals surface area contributed by atoms with Crippen LogP contribution in [0, 0.1) is 0 Å². The van der Waals surface area contributed by atoms with Crippen molar-refractivity contribution < 1.29 is 18.7 Å². The molecule has 0 N–H and O–H groups in total. The third kappa shape index (κ3) is 7.43. The number of hydrogen-bond acceptors (Lipinski definition) is 3. The van der Waals surface area contributed by atoms with Gasteiger partial charge in [0.15, 0.2) is 0 Å². The van der Waals surface area contributed by atoms with Crippen LogP contribution in [0.2, 0.25) is 0 Å². The number of rotatable bonds is 5. The number of carbonyl (C=O) groups is 2. The second-order valence-electron chi connectivity index (χ2n) is 3.42. The van der Waals surface area contributed by atoms with E-state index in [1.54, 1.807) is 6.92 Å². The van der Waals surface area contributed by atoms with E-state index in [-0.39, 0.29) is 19.4 Å². The van der Waals surface area contributed by atoms with Crippen LogP contribution in [0.4, 0.5) is 4.39 Å². The average molecular weight is 190 g/mol. The van der Waals surface area contributed by atoms with E-state index in [2.05, 4.69) is 4.74 Å². The molecule has 0 amide bonds. The number of Topliss-reactive ketones (excluding diaryl/α,β-unsaturated/α-hetero) is 1. The van der Waals surface area contributed by atoms with Crippen molar-refractivity contribution in [3.8, 4) is 0 Å². The summed E-state index contributed by atoms with van der Waals surface area (Å²) in [5.41, 5.74) is -1.55. The summed E-state index contributed by atoms with van der Waals surface area (Å²) in [7, 11) is 0. The number of hydrogen-bond donors (Lipinski definition) is 0. The fourth-order valence-electron chi connectivity index (χ4n) is 0.904. The van der Waals surface area contributed by atoms with E-state index in [1.807, 2.05) is 0 Å². The Balaban J connectivity index is 3.82. The lowest BCUT2D eigenvalue weighted by atomic mass is 10.0. The highest BCUT2D eigenvalue weighted by molar-refractivity contribution is 5.95. The maximum atomic E-state index is 12.9. The number of ketones is 1. The van der Waals surface area contributed by atoms with Gasteiger partial charge in [0, 0.05) is 6.42 Å². The van der Waals surface area contributed by atoms with E-state index in [9.17, 15) is 14.0 Å². The van der Waals surface area contributed by atoms with Crippen molar-refractivity contribution in [2.45, 2.75) is 39.3 Å².